The average molecular weight is 208 g/mol. The number of aromatic nitrogens is 3. The van der Waals surface area contributed by atoms with Gasteiger partial charge in [0.25, 0.3) is 0 Å². The molecule has 0 saturated heterocycles. The molecule has 1 aromatic heterocycles. The molecule has 5 heteroatoms. The third-order valence-electron chi connectivity index (χ3n) is 2.05. The molecule has 1 saturated carbocycles. The van der Waals surface area contributed by atoms with E-state index in [1.54, 1.807) is 11.8 Å². The summed E-state index contributed by atoms with van der Waals surface area (Å²) in [7, 11) is 0. The van der Waals surface area contributed by atoms with E-state index in [9.17, 15) is 0 Å². The average Bonchev–Trinajstić information content (AvgIpc) is 2.93. The van der Waals surface area contributed by atoms with Crippen LogP contribution in [0.4, 0.5) is 5.95 Å². The van der Waals surface area contributed by atoms with Crippen LogP contribution in [0.3, 0.4) is 0 Å². The molecule has 0 aliphatic heterocycles. The van der Waals surface area contributed by atoms with Gasteiger partial charge in [-0.1, -0.05) is 17.7 Å². The van der Waals surface area contributed by atoms with Gasteiger partial charge in [-0.2, -0.15) is 0 Å². The van der Waals surface area contributed by atoms with Gasteiger partial charge in [-0.25, -0.2) is 0 Å². The maximum absolute atomic E-state index is 5.73. The van der Waals surface area contributed by atoms with Crippen molar-refractivity contribution in [2.45, 2.75) is 31.0 Å². The summed E-state index contributed by atoms with van der Waals surface area (Å²) in [6, 6.07) is 0.530. The van der Waals surface area contributed by atoms with Gasteiger partial charge in [0.05, 0.1) is 5.75 Å². The van der Waals surface area contributed by atoms with Crippen LogP contribution in [-0.4, -0.2) is 20.5 Å². The highest BCUT2D eigenvalue weighted by atomic mass is 32.2. The van der Waals surface area contributed by atoms with E-state index in [1.165, 1.54) is 12.8 Å². The Morgan fingerprint density at radius 1 is 1.57 bits per heavy atom. The summed E-state index contributed by atoms with van der Waals surface area (Å²) in [4.78, 5) is 0. The van der Waals surface area contributed by atoms with Crippen molar-refractivity contribution >= 4 is 17.7 Å². The van der Waals surface area contributed by atoms with Crippen molar-refractivity contribution in [1.82, 2.24) is 14.8 Å². The second-order valence-electron chi connectivity index (χ2n) is 3.16. The van der Waals surface area contributed by atoms with Crippen LogP contribution in [0.5, 0.6) is 0 Å². The Balaban J connectivity index is 2.10. The molecular formula is C9H12N4S. The molecule has 1 aliphatic rings. The van der Waals surface area contributed by atoms with Gasteiger partial charge < -0.3 is 5.73 Å². The topological polar surface area (TPSA) is 56.7 Å². The molecule has 1 aliphatic carbocycles. The first kappa shape index (κ1) is 9.41. The van der Waals surface area contributed by atoms with Crippen LogP contribution in [0, 0.1) is 11.8 Å². The molecule has 0 atom stereocenters. The minimum Gasteiger partial charge on any atom is -0.368 e. The zero-order valence-corrected chi connectivity index (χ0v) is 8.84. The van der Waals surface area contributed by atoms with Crippen molar-refractivity contribution in [3.8, 4) is 11.8 Å². The summed E-state index contributed by atoms with van der Waals surface area (Å²) < 4.78 is 2.02. The van der Waals surface area contributed by atoms with E-state index in [-0.39, 0.29) is 0 Å². The second kappa shape index (κ2) is 3.93. The lowest BCUT2D eigenvalue weighted by molar-refractivity contribution is 0.672. The molecular weight excluding hydrogens is 196 g/mol. The van der Waals surface area contributed by atoms with Crippen LogP contribution in [0.15, 0.2) is 5.16 Å². The maximum Gasteiger partial charge on any atom is 0.222 e. The minimum absolute atomic E-state index is 0.527. The summed E-state index contributed by atoms with van der Waals surface area (Å²) in [5.74, 6) is 7.11. The van der Waals surface area contributed by atoms with E-state index in [2.05, 4.69) is 22.0 Å². The Labute approximate surface area is 87.3 Å². The Hall–Kier alpha value is -1.15. The van der Waals surface area contributed by atoms with Crippen molar-refractivity contribution in [2.24, 2.45) is 0 Å². The van der Waals surface area contributed by atoms with Gasteiger partial charge in [-0.05, 0) is 19.8 Å². The molecule has 0 radical (unpaired) electrons. The van der Waals surface area contributed by atoms with Crippen molar-refractivity contribution in [3.05, 3.63) is 0 Å². The lowest BCUT2D eigenvalue weighted by Gasteiger charge is -2.03. The summed E-state index contributed by atoms with van der Waals surface area (Å²) in [6.07, 6.45) is 2.38. The van der Waals surface area contributed by atoms with Gasteiger partial charge in [0.15, 0.2) is 5.16 Å². The molecule has 0 spiro atoms. The van der Waals surface area contributed by atoms with Crippen molar-refractivity contribution in [2.75, 3.05) is 11.5 Å². The summed E-state index contributed by atoms with van der Waals surface area (Å²) in [5, 5.41) is 8.81. The molecule has 1 heterocycles. The fraction of sp³-hybridized carbons (Fsp3) is 0.556. The SMILES string of the molecule is CC#CCSc1nnc(N)n1C1CC1. The summed E-state index contributed by atoms with van der Waals surface area (Å²) >= 11 is 1.60. The molecule has 0 amide bonds. The van der Waals surface area contributed by atoms with E-state index in [4.69, 9.17) is 5.73 Å². The van der Waals surface area contributed by atoms with Gasteiger partial charge >= 0.3 is 0 Å². The first-order valence-electron chi connectivity index (χ1n) is 4.55. The molecule has 0 aromatic carbocycles. The van der Waals surface area contributed by atoms with E-state index in [0.29, 0.717) is 12.0 Å². The molecule has 1 fully saturated rings. The molecule has 1 aromatic rings. The molecule has 0 bridgehead atoms. The zero-order valence-electron chi connectivity index (χ0n) is 8.03. The maximum atomic E-state index is 5.73. The predicted molar refractivity (Wildman–Crippen MR) is 56.9 cm³/mol. The van der Waals surface area contributed by atoms with Crippen LogP contribution in [0.25, 0.3) is 0 Å². The number of nitrogens with zero attached hydrogens (tertiary/aromatic N) is 3. The third kappa shape index (κ3) is 1.85. The lowest BCUT2D eigenvalue weighted by atomic mass is 10.7. The number of thioether (sulfide) groups is 1. The quantitative estimate of drug-likeness (QED) is 0.601. The monoisotopic (exact) mass is 208 g/mol. The van der Waals surface area contributed by atoms with Crippen molar-refractivity contribution in [1.29, 1.82) is 0 Å². The Kier molecular flexibility index (Phi) is 2.64. The van der Waals surface area contributed by atoms with Gasteiger partial charge in [0, 0.05) is 6.04 Å². The first-order valence-corrected chi connectivity index (χ1v) is 5.54. The largest absolute Gasteiger partial charge is 0.368 e. The van der Waals surface area contributed by atoms with E-state index < -0.39 is 0 Å². The summed E-state index contributed by atoms with van der Waals surface area (Å²) in [5.41, 5.74) is 5.73. The predicted octanol–water partition coefficient (Wildman–Crippen LogP) is 1.31. The Morgan fingerprint density at radius 2 is 2.36 bits per heavy atom. The molecule has 0 unspecified atom stereocenters. The number of hydrogen-bond acceptors (Lipinski definition) is 4. The normalized spacial score (nSPS) is 14.9. The number of nitrogen functional groups attached to an aromatic ring is 1. The van der Waals surface area contributed by atoms with Crippen LogP contribution >= 0.6 is 11.8 Å². The van der Waals surface area contributed by atoms with Gasteiger partial charge in [0.2, 0.25) is 5.95 Å². The van der Waals surface area contributed by atoms with Gasteiger partial charge in [-0.15, -0.1) is 16.1 Å². The fourth-order valence-corrected chi connectivity index (χ4v) is 2.06. The number of nitrogens with two attached hydrogens (primary N) is 1. The van der Waals surface area contributed by atoms with Crippen molar-refractivity contribution < 1.29 is 0 Å². The molecule has 14 heavy (non-hydrogen) atoms. The fourth-order valence-electron chi connectivity index (χ4n) is 1.24. The van der Waals surface area contributed by atoms with Gasteiger partial charge in [-0.3, -0.25) is 4.57 Å². The first-order chi connectivity index (χ1) is 6.83. The van der Waals surface area contributed by atoms with Crippen LogP contribution < -0.4 is 5.73 Å². The van der Waals surface area contributed by atoms with Crippen molar-refractivity contribution in [3.63, 3.8) is 0 Å². The molecule has 4 nitrogen and oxygen atoms in total. The lowest BCUT2D eigenvalue weighted by Crippen LogP contribution is -2.02. The van der Waals surface area contributed by atoms with E-state index in [1.807, 2.05) is 11.5 Å². The highest BCUT2D eigenvalue weighted by Gasteiger charge is 2.28. The summed E-state index contributed by atoms with van der Waals surface area (Å²) in [6.45, 7) is 1.83. The van der Waals surface area contributed by atoms with E-state index in [0.717, 1.165) is 10.9 Å². The standard InChI is InChI=1S/C9H12N4S/c1-2-3-6-14-9-12-11-8(10)13(9)7-4-5-7/h7H,4-6H2,1H3,(H2,10,11). The number of rotatable bonds is 3. The second-order valence-corrected chi connectivity index (χ2v) is 4.10. The smallest absolute Gasteiger partial charge is 0.222 e. The zero-order chi connectivity index (χ0) is 9.97. The highest BCUT2D eigenvalue weighted by Crippen LogP contribution is 2.39. The molecule has 2 N–H and O–H groups in total. The Morgan fingerprint density at radius 3 is 3.00 bits per heavy atom. The molecule has 2 rings (SSSR count). The highest BCUT2D eigenvalue weighted by molar-refractivity contribution is 7.99. The molecule has 74 valence electrons. The van der Waals surface area contributed by atoms with Gasteiger partial charge in [0.1, 0.15) is 0 Å². The van der Waals surface area contributed by atoms with Crippen LogP contribution in [0.2, 0.25) is 0 Å². The Bertz CT molecular complexity index is 383. The number of hydrogen-bond donors (Lipinski definition) is 1. The van der Waals surface area contributed by atoms with E-state index >= 15 is 0 Å². The number of anilines is 1. The van der Waals surface area contributed by atoms with Crippen LogP contribution in [0.1, 0.15) is 25.8 Å². The third-order valence-corrected chi connectivity index (χ3v) is 2.88. The minimum atomic E-state index is 0.527. The van der Waals surface area contributed by atoms with Crippen LogP contribution in [-0.2, 0) is 0 Å².